The smallest absolute Gasteiger partial charge is 0.124 e. The van der Waals surface area contributed by atoms with Crippen LogP contribution in [0.5, 0.6) is 5.75 Å². The van der Waals surface area contributed by atoms with Crippen molar-refractivity contribution >= 4 is 29.0 Å². The molecule has 0 saturated carbocycles. The first-order chi connectivity index (χ1) is 9.44. The van der Waals surface area contributed by atoms with Crippen molar-refractivity contribution in [3.63, 3.8) is 0 Å². The third-order valence-electron chi connectivity index (χ3n) is 2.51. The molecule has 0 atom stereocenters. The minimum atomic E-state index is -0.472. The van der Waals surface area contributed by atoms with Gasteiger partial charge in [-0.2, -0.15) is 0 Å². The summed E-state index contributed by atoms with van der Waals surface area (Å²) in [4.78, 5) is 0. The number of nitrogens with two attached hydrogens (primary N) is 1. The van der Waals surface area contributed by atoms with E-state index in [-0.39, 0.29) is 12.4 Å². The van der Waals surface area contributed by atoms with Crippen LogP contribution < -0.4 is 10.5 Å². The maximum Gasteiger partial charge on any atom is 0.124 e. The standard InChI is InChI=1S/C14H11Cl2FN2O/c15-10-4-11(16)6-13(5-10)20-7-8-1-9(14(18)19)3-12(17)2-8/h1-6H,7H2,(H3,18,19). The minimum absolute atomic E-state index is 0.120. The molecule has 0 aliphatic carbocycles. The SMILES string of the molecule is N=C(N)c1cc(F)cc(COc2cc(Cl)cc(Cl)c2)c1. The van der Waals surface area contributed by atoms with Gasteiger partial charge in [-0.05, 0) is 42.0 Å². The lowest BCUT2D eigenvalue weighted by atomic mass is 10.1. The maximum absolute atomic E-state index is 13.4. The van der Waals surface area contributed by atoms with E-state index < -0.39 is 5.82 Å². The number of hydrogen-bond acceptors (Lipinski definition) is 2. The Labute approximate surface area is 125 Å². The predicted octanol–water partition coefficient (Wildman–Crippen LogP) is 4.00. The van der Waals surface area contributed by atoms with Gasteiger partial charge in [0.05, 0.1) is 0 Å². The summed E-state index contributed by atoms with van der Waals surface area (Å²) < 4.78 is 18.9. The lowest BCUT2D eigenvalue weighted by Crippen LogP contribution is -2.12. The number of hydrogen-bond donors (Lipinski definition) is 2. The molecule has 0 fully saturated rings. The molecule has 104 valence electrons. The Kier molecular flexibility index (Phi) is 4.47. The second kappa shape index (κ2) is 6.11. The van der Waals surface area contributed by atoms with E-state index in [4.69, 9.17) is 39.1 Å². The van der Waals surface area contributed by atoms with E-state index >= 15 is 0 Å². The maximum atomic E-state index is 13.4. The van der Waals surface area contributed by atoms with Gasteiger partial charge in [0.1, 0.15) is 24.0 Å². The number of nitrogens with one attached hydrogen (secondary N) is 1. The molecule has 0 aromatic heterocycles. The Hall–Kier alpha value is -1.78. The van der Waals surface area contributed by atoms with Crippen molar-refractivity contribution in [3.8, 4) is 5.75 Å². The molecule has 3 nitrogen and oxygen atoms in total. The topological polar surface area (TPSA) is 59.1 Å². The molecule has 2 aromatic carbocycles. The van der Waals surface area contributed by atoms with Crippen molar-refractivity contribution < 1.29 is 9.13 Å². The second-order valence-corrected chi connectivity index (χ2v) is 5.03. The van der Waals surface area contributed by atoms with E-state index in [1.54, 1.807) is 24.3 Å². The van der Waals surface area contributed by atoms with E-state index in [1.165, 1.54) is 12.1 Å². The normalized spacial score (nSPS) is 10.3. The molecule has 0 unspecified atom stereocenters. The molecule has 0 aliphatic heterocycles. The molecule has 20 heavy (non-hydrogen) atoms. The first-order valence-electron chi connectivity index (χ1n) is 5.67. The average molecular weight is 313 g/mol. The van der Waals surface area contributed by atoms with Crippen LogP contribution in [0, 0.1) is 11.2 Å². The Balaban J connectivity index is 2.16. The van der Waals surface area contributed by atoms with Gasteiger partial charge in [0.15, 0.2) is 0 Å². The van der Waals surface area contributed by atoms with Gasteiger partial charge in [0.2, 0.25) is 0 Å². The third kappa shape index (κ3) is 3.85. The molecular weight excluding hydrogens is 302 g/mol. The van der Waals surface area contributed by atoms with E-state index in [9.17, 15) is 4.39 Å². The molecule has 0 amide bonds. The molecule has 0 aliphatic rings. The molecule has 0 heterocycles. The summed E-state index contributed by atoms with van der Waals surface area (Å²) in [6.45, 7) is 0.120. The van der Waals surface area contributed by atoms with Gasteiger partial charge in [-0.25, -0.2) is 4.39 Å². The number of rotatable bonds is 4. The van der Waals surface area contributed by atoms with E-state index in [0.29, 0.717) is 26.9 Å². The Morgan fingerprint density at radius 2 is 1.75 bits per heavy atom. The fourth-order valence-electron chi connectivity index (χ4n) is 1.67. The Morgan fingerprint density at radius 3 is 2.35 bits per heavy atom. The highest BCUT2D eigenvalue weighted by Gasteiger charge is 2.05. The zero-order chi connectivity index (χ0) is 14.7. The summed E-state index contributed by atoms with van der Waals surface area (Å²) in [6.07, 6.45) is 0. The first kappa shape index (κ1) is 14.6. The summed E-state index contributed by atoms with van der Waals surface area (Å²) in [7, 11) is 0. The van der Waals surface area contributed by atoms with Crippen LogP contribution in [0.15, 0.2) is 36.4 Å². The van der Waals surface area contributed by atoms with Gasteiger partial charge >= 0.3 is 0 Å². The van der Waals surface area contributed by atoms with Gasteiger partial charge < -0.3 is 10.5 Å². The van der Waals surface area contributed by atoms with Crippen LogP contribution in [0.25, 0.3) is 0 Å². The van der Waals surface area contributed by atoms with Crippen LogP contribution >= 0.6 is 23.2 Å². The molecule has 0 radical (unpaired) electrons. The van der Waals surface area contributed by atoms with Crippen LogP contribution in [0.4, 0.5) is 4.39 Å². The summed E-state index contributed by atoms with van der Waals surface area (Å²) >= 11 is 11.7. The van der Waals surface area contributed by atoms with Crippen LogP contribution in [-0.2, 0) is 6.61 Å². The quantitative estimate of drug-likeness (QED) is 0.662. The molecule has 0 saturated heterocycles. The van der Waals surface area contributed by atoms with Gasteiger partial charge in [0.25, 0.3) is 0 Å². The largest absolute Gasteiger partial charge is 0.489 e. The number of halogens is 3. The molecule has 3 N–H and O–H groups in total. The minimum Gasteiger partial charge on any atom is -0.489 e. The van der Waals surface area contributed by atoms with Crippen molar-refractivity contribution in [2.75, 3.05) is 0 Å². The summed E-state index contributed by atoms with van der Waals surface area (Å²) in [5, 5.41) is 8.23. The number of benzene rings is 2. The van der Waals surface area contributed by atoms with Crippen molar-refractivity contribution in [1.29, 1.82) is 5.41 Å². The van der Waals surface area contributed by atoms with E-state index in [0.717, 1.165) is 0 Å². The van der Waals surface area contributed by atoms with Crippen LogP contribution in [0.1, 0.15) is 11.1 Å². The highest BCUT2D eigenvalue weighted by atomic mass is 35.5. The molecular formula is C14H11Cl2FN2O. The zero-order valence-corrected chi connectivity index (χ0v) is 11.8. The molecule has 2 rings (SSSR count). The summed E-state index contributed by atoms with van der Waals surface area (Å²) in [5.41, 5.74) is 6.21. The highest BCUT2D eigenvalue weighted by molar-refractivity contribution is 6.34. The summed E-state index contributed by atoms with van der Waals surface area (Å²) in [5.74, 6) is -0.187. The van der Waals surface area contributed by atoms with Gasteiger partial charge in [-0.15, -0.1) is 0 Å². The van der Waals surface area contributed by atoms with Crippen molar-refractivity contribution in [2.45, 2.75) is 6.61 Å². The van der Waals surface area contributed by atoms with E-state index in [2.05, 4.69) is 0 Å². The Bertz CT molecular complexity index is 641. The number of nitrogen functional groups attached to an aromatic ring is 1. The van der Waals surface area contributed by atoms with Crippen molar-refractivity contribution in [2.24, 2.45) is 5.73 Å². The Morgan fingerprint density at radius 1 is 1.10 bits per heavy atom. The number of amidine groups is 1. The predicted molar refractivity (Wildman–Crippen MR) is 78.2 cm³/mol. The first-order valence-corrected chi connectivity index (χ1v) is 6.42. The van der Waals surface area contributed by atoms with Crippen LogP contribution in [0.3, 0.4) is 0 Å². The monoisotopic (exact) mass is 312 g/mol. The third-order valence-corrected chi connectivity index (χ3v) is 2.95. The second-order valence-electron chi connectivity index (χ2n) is 4.16. The molecule has 0 spiro atoms. The van der Waals surface area contributed by atoms with E-state index in [1.807, 2.05) is 0 Å². The van der Waals surface area contributed by atoms with Gasteiger partial charge in [-0.1, -0.05) is 23.2 Å². The fourth-order valence-corrected chi connectivity index (χ4v) is 2.17. The molecule has 0 bridgehead atoms. The van der Waals surface area contributed by atoms with Crippen molar-refractivity contribution in [3.05, 3.63) is 63.4 Å². The van der Waals surface area contributed by atoms with Gasteiger partial charge in [0, 0.05) is 15.6 Å². The zero-order valence-electron chi connectivity index (χ0n) is 10.3. The number of ether oxygens (including phenoxy) is 1. The summed E-state index contributed by atoms with van der Waals surface area (Å²) in [6, 6.07) is 8.92. The highest BCUT2D eigenvalue weighted by Crippen LogP contribution is 2.25. The van der Waals surface area contributed by atoms with Crippen LogP contribution in [-0.4, -0.2) is 5.84 Å². The van der Waals surface area contributed by atoms with Crippen molar-refractivity contribution in [1.82, 2.24) is 0 Å². The lowest BCUT2D eigenvalue weighted by molar-refractivity contribution is 0.305. The molecule has 2 aromatic rings. The van der Waals surface area contributed by atoms with Crippen LogP contribution in [0.2, 0.25) is 10.0 Å². The van der Waals surface area contributed by atoms with Gasteiger partial charge in [-0.3, -0.25) is 5.41 Å². The fraction of sp³-hybridized carbons (Fsp3) is 0.0714. The lowest BCUT2D eigenvalue weighted by Gasteiger charge is -2.09. The average Bonchev–Trinajstić information content (AvgIpc) is 2.34. The molecule has 6 heteroatoms.